The molecular formula is C27H24F3N3O3. The van der Waals surface area contributed by atoms with Gasteiger partial charge in [0.1, 0.15) is 11.5 Å². The van der Waals surface area contributed by atoms with E-state index in [9.17, 15) is 18.0 Å². The zero-order chi connectivity index (χ0) is 25.4. The van der Waals surface area contributed by atoms with Gasteiger partial charge in [0.15, 0.2) is 17.2 Å². The summed E-state index contributed by atoms with van der Waals surface area (Å²) in [6, 6.07) is 17.5. The van der Waals surface area contributed by atoms with Gasteiger partial charge in [-0.1, -0.05) is 30.3 Å². The zero-order valence-corrected chi connectivity index (χ0v) is 19.7. The van der Waals surface area contributed by atoms with Crippen LogP contribution < -0.4 is 9.47 Å². The molecule has 0 spiro atoms. The number of carbonyl (C=O) groups is 1. The van der Waals surface area contributed by atoms with E-state index in [1.54, 1.807) is 7.11 Å². The van der Waals surface area contributed by atoms with E-state index in [2.05, 4.69) is 0 Å². The summed E-state index contributed by atoms with van der Waals surface area (Å²) in [5, 5.41) is 0. The van der Waals surface area contributed by atoms with Gasteiger partial charge in [0.25, 0.3) is 5.91 Å². The molecule has 2 aliphatic heterocycles. The minimum atomic E-state index is -4.61. The molecule has 0 aliphatic carbocycles. The summed E-state index contributed by atoms with van der Waals surface area (Å²) in [5.74, 6) is 1.71. The lowest BCUT2D eigenvalue weighted by molar-refractivity contribution is -0.138. The van der Waals surface area contributed by atoms with Gasteiger partial charge in [-0.15, -0.1) is 0 Å². The number of rotatable bonds is 2. The maximum atomic E-state index is 13.5. The molecule has 2 heterocycles. The number of hydrogen-bond acceptors (Lipinski definition) is 5. The van der Waals surface area contributed by atoms with Crippen LogP contribution in [0.4, 0.5) is 18.9 Å². The molecule has 0 unspecified atom stereocenters. The van der Waals surface area contributed by atoms with Crippen molar-refractivity contribution < 1.29 is 27.4 Å². The summed E-state index contributed by atoms with van der Waals surface area (Å²) in [6.07, 6.45) is -4.61. The van der Waals surface area contributed by atoms with Crippen molar-refractivity contribution in [2.75, 3.05) is 26.7 Å². The van der Waals surface area contributed by atoms with Crippen LogP contribution in [0.5, 0.6) is 17.2 Å². The lowest BCUT2D eigenvalue weighted by Gasteiger charge is -2.41. The second kappa shape index (κ2) is 9.22. The zero-order valence-electron chi connectivity index (χ0n) is 19.7. The average Bonchev–Trinajstić information content (AvgIpc) is 3.04. The Balaban J connectivity index is 1.47. The molecule has 3 aromatic rings. The highest BCUT2D eigenvalue weighted by atomic mass is 19.4. The number of para-hydroxylation sites is 3. The monoisotopic (exact) mass is 495 g/mol. The Kier molecular flexibility index (Phi) is 6.07. The summed E-state index contributed by atoms with van der Waals surface area (Å²) >= 11 is 0. The number of benzene rings is 3. The quantitative estimate of drug-likeness (QED) is 0.455. The first-order valence-electron chi connectivity index (χ1n) is 11.5. The van der Waals surface area contributed by atoms with E-state index < -0.39 is 17.6 Å². The normalized spacial score (nSPS) is 17.4. The van der Waals surface area contributed by atoms with Gasteiger partial charge < -0.3 is 19.3 Å². The number of fused-ring (bicyclic) bond motifs is 2. The van der Waals surface area contributed by atoms with E-state index in [4.69, 9.17) is 14.5 Å². The Bertz CT molecular complexity index is 1340. The van der Waals surface area contributed by atoms with Crippen LogP contribution in [0.3, 0.4) is 0 Å². The molecule has 3 aromatic carbocycles. The Morgan fingerprint density at radius 2 is 1.78 bits per heavy atom. The first-order valence-corrected chi connectivity index (χ1v) is 11.5. The van der Waals surface area contributed by atoms with E-state index in [0.29, 0.717) is 41.9 Å². The first-order chi connectivity index (χ1) is 17.3. The summed E-state index contributed by atoms with van der Waals surface area (Å²) in [6.45, 7) is 2.85. The number of ether oxygens (including phenoxy) is 2. The van der Waals surface area contributed by atoms with Gasteiger partial charge >= 0.3 is 6.18 Å². The third-order valence-corrected chi connectivity index (χ3v) is 6.39. The van der Waals surface area contributed by atoms with Crippen LogP contribution in [-0.2, 0) is 6.18 Å². The molecule has 6 nitrogen and oxygen atoms in total. The van der Waals surface area contributed by atoms with Crippen LogP contribution in [0.1, 0.15) is 28.4 Å². The molecule has 1 fully saturated rings. The van der Waals surface area contributed by atoms with Gasteiger partial charge in [0, 0.05) is 25.7 Å². The number of halogens is 3. The van der Waals surface area contributed by atoms with E-state index in [1.807, 2.05) is 54.3 Å². The number of methoxy groups -OCH3 is 1. The number of aliphatic imine (C=N–C) groups is 1. The highest BCUT2D eigenvalue weighted by Crippen LogP contribution is 2.43. The van der Waals surface area contributed by atoms with Crippen LogP contribution >= 0.6 is 0 Å². The Hall–Kier alpha value is -4.01. The standard InChI is InChI=1S/C27H24F3N3O3/c1-17-16-32(14-15-33(17)26(34)18-8-3-4-10-20(18)27(28,29)30)25-19-9-7-13-23(35-2)24(19)36-22-12-6-5-11-21(22)31-25/h3-13,17H,14-16H2,1-2H3/t17-/m1/s1. The molecule has 1 atom stereocenters. The van der Waals surface area contributed by atoms with E-state index >= 15 is 0 Å². The SMILES string of the molecule is COc1cccc2c1Oc1ccccc1N=C2N1CCN(C(=O)c2ccccc2C(F)(F)F)[C@H](C)C1. The second-order valence-electron chi connectivity index (χ2n) is 8.68. The maximum Gasteiger partial charge on any atom is 0.417 e. The van der Waals surface area contributed by atoms with Crippen molar-refractivity contribution in [3.8, 4) is 17.2 Å². The van der Waals surface area contributed by atoms with Crippen molar-refractivity contribution in [3.63, 3.8) is 0 Å². The number of carbonyl (C=O) groups excluding carboxylic acids is 1. The third-order valence-electron chi connectivity index (χ3n) is 6.39. The van der Waals surface area contributed by atoms with Crippen molar-refractivity contribution >= 4 is 17.4 Å². The molecule has 0 aromatic heterocycles. The maximum absolute atomic E-state index is 13.5. The molecule has 0 saturated carbocycles. The van der Waals surface area contributed by atoms with Gasteiger partial charge in [-0.2, -0.15) is 13.2 Å². The van der Waals surface area contributed by atoms with Crippen LogP contribution in [-0.4, -0.2) is 54.3 Å². The summed E-state index contributed by atoms with van der Waals surface area (Å²) in [7, 11) is 1.57. The molecule has 1 saturated heterocycles. The molecule has 186 valence electrons. The van der Waals surface area contributed by atoms with Crippen LogP contribution in [0.2, 0.25) is 0 Å². The van der Waals surface area contributed by atoms with E-state index in [0.717, 1.165) is 11.6 Å². The van der Waals surface area contributed by atoms with Crippen molar-refractivity contribution in [3.05, 3.63) is 83.4 Å². The predicted molar refractivity (Wildman–Crippen MR) is 129 cm³/mol. The second-order valence-corrected chi connectivity index (χ2v) is 8.68. The molecule has 5 rings (SSSR count). The van der Waals surface area contributed by atoms with Crippen molar-refractivity contribution in [1.82, 2.24) is 9.80 Å². The van der Waals surface area contributed by atoms with Crippen molar-refractivity contribution in [2.45, 2.75) is 19.1 Å². The Morgan fingerprint density at radius 1 is 1.03 bits per heavy atom. The van der Waals surface area contributed by atoms with Gasteiger partial charge in [0.2, 0.25) is 0 Å². The Morgan fingerprint density at radius 3 is 2.53 bits per heavy atom. The van der Waals surface area contributed by atoms with Crippen molar-refractivity contribution in [2.24, 2.45) is 4.99 Å². The Labute approximate surface area is 206 Å². The number of nitrogens with zero attached hydrogens (tertiary/aromatic N) is 3. The number of alkyl halides is 3. The molecule has 9 heteroatoms. The summed E-state index contributed by atoms with van der Waals surface area (Å²) in [5.41, 5.74) is 0.123. The van der Waals surface area contributed by atoms with Gasteiger partial charge in [0.05, 0.1) is 23.8 Å². The highest BCUT2D eigenvalue weighted by Gasteiger charge is 2.38. The predicted octanol–water partition coefficient (Wildman–Crippen LogP) is 5.74. The fourth-order valence-electron chi connectivity index (χ4n) is 4.64. The minimum absolute atomic E-state index is 0.243. The largest absolute Gasteiger partial charge is 0.493 e. The van der Waals surface area contributed by atoms with E-state index in [-0.39, 0.29) is 18.2 Å². The number of piperazine rings is 1. The summed E-state index contributed by atoms with van der Waals surface area (Å²) in [4.78, 5) is 21.6. The lowest BCUT2D eigenvalue weighted by atomic mass is 10.0. The van der Waals surface area contributed by atoms with Gasteiger partial charge in [-0.05, 0) is 43.3 Å². The van der Waals surface area contributed by atoms with Gasteiger partial charge in [-0.3, -0.25) is 4.79 Å². The first kappa shape index (κ1) is 23.7. The average molecular weight is 496 g/mol. The molecule has 1 amide bonds. The highest BCUT2D eigenvalue weighted by molar-refractivity contribution is 6.04. The summed E-state index contributed by atoms with van der Waals surface area (Å²) < 4.78 is 52.3. The molecule has 2 aliphatic rings. The minimum Gasteiger partial charge on any atom is -0.493 e. The third kappa shape index (κ3) is 4.25. The smallest absolute Gasteiger partial charge is 0.417 e. The lowest BCUT2D eigenvalue weighted by Crippen LogP contribution is -2.55. The molecule has 0 N–H and O–H groups in total. The molecule has 0 radical (unpaired) electrons. The van der Waals surface area contributed by atoms with E-state index in [1.165, 1.54) is 23.1 Å². The molecule has 36 heavy (non-hydrogen) atoms. The van der Waals surface area contributed by atoms with Crippen LogP contribution in [0, 0.1) is 0 Å². The topological polar surface area (TPSA) is 54.4 Å². The fraction of sp³-hybridized carbons (Fsp3) is 0.259. The number of amidine groups is 1. The fourth-order valence-corrected chi connectivity index (χ4v) is 4.64. The number of amides is 1. The van der Waals surface area contributed by atoms with Crippen LogP contribution in [0.15, 0.2) is 71.7 Å². The number of hydrogen-bond donors (Lipinski definition) is 0. The van der Waals surface area contributed by atoms with Crippen molar-refractivity contribution in [1.29, 1.82) is 0 Å². The molecule has 0 bridgehead atoms. The molecular weight excluding hydrogens is 471 g/mol. The van der Waals surface area contributed by atoms with Crippen LogP contribution in [0.25, 0.3) is 0 Å². The van der Waals surface area contributed by atoms with Gasteiger partial charge in [-0.25, -0.2) is 4.99 Å².